The predicted molar refractivity (Wildman–Crippen MR) is 81.9 cm³/mol. The monoisotopic (exact) mass is 342 g/mol. The van der Waals surface area contributed by atoms with E-state index in [0.717, 1.165) is 10.0 Å². The number of carbonyl (C=O) groups excluding carboxylic acids is 1. The van der Waals surface area contributed by atoms with Gasteiger partial charge < -0.3 is 15.7 Å². The Labute approximate surface area is 126 Å². The van der Waals surface area contributed by atoms with Crippen molar-refractivity contribution in [1.29, 1.82) is 0 Å². The summed E-state index contributed by atoms with van der Waals surface area (Å²) in [5, 5.41) is 14.2. The molecule has 1 aromatic rings. The molecule has 0 aliphatic heterocycles. The highest BCUT2D eigenvalue weighted by Gasteiger charge is 2.25. The van der Waals surface area contributed by atoms with Crippen LogP contribution in [0, 0.1) is 12.8 Å². The normalized spacial score (nSPS) is 13.4. The Morgan fingerprint density at radius 3 is 2.55 bits per heavy atom. The molecular weight excluding hydrogens is 324 g/mol. The first kappa shape index (κ1) is 16.5. The van der Waals surface area contributed by atoms with Gasteiger partial charge in [0.2, 0.25) is 0 Å². The second kappa shape index (κ2) is 7.28. The molecule has 2 amide bonds. The zero-order valence-electron chi connectivity index (χ0n) is 11.7. The zero-order chi connectivity index (χ0) is 15.3. The Kier molecular flexibility index (Phi) is 6.01. The standard InChI is InChI=1S/C14H19BrN2O3/c1-4-8(2)12(13(18)19)17-14(20)16-10-6-5-9(3)11(15)7-10/h5-8,12H,4H2,1-3H3,(H,18,19)(H2,16,17,20)/t8?,12-/m0/s1. The molecule has 0 aliphatic carbocycles. The van der Waals surface area contributed by atoms with Crippen molar-refractivity contribution in [2.45, 2.75) is 33.2 Å². The molecule has 0 spiro atoms. The van der Waals surface area contributed by atoms with E-state index in [-0.39, 0.29) is 5.92 Å². The van der Waals surface area contributed by atoms with Crippen molar-refractivity contribution in [3.63, 3.8) is 0 Å². The summed E-state index contributed by atoms with van der Waals surface area (Å²) in [6.45, 7) is 5.62. The Hall–Kier alpha value is -1.56. The minimum atomic E-state index is -1.03. The molecule has 1 unspecified atom stereocenters. The van der Waals surface area contributed by atoms with Gasteiger partial charge in [-0.05, 0) is 30.5 Å². The second-order valence-corrected chi connectivity index (χ2v) is 5.62. The number of urea groups is 1. The second-order valence-electron chi connectivity index (χ2n) is 4.76. The van der Waals surface area contributed by atoms with Crippen LogP contribution in [0.4, 0.5) is 10.5 Å². The van der Waals surface area contributed by atoms with Crippen LogP contribution in [0.25, 0.3) is 0 Å². The quantitative estimate of drug-likeness (QED) is 0.767. The third-order valence-corrected chi connectivity index (χ3v) is 4.05. The van der Waals surface area contributed by atoms with Gasteiger partial charge in [-0.15, -0.1) is 0 Å². The fraction of sp³-hybridized carbons (Fsp3) is 0.429. The Morgan fingerprint density at radius 1 is 1.40 bits per heavy atom. The van der Waals surface area contributed by atoms with Crippen molar-refractivity contribution in [3.8, 4) is 0 Å². The summed E-state index contributed by atoms with van der Waals surface area (Å²) in [6.07, 6.45) is 0.674. The Balaban J connectivity index is 2.70. The van der Waals surface area contributed by atoms with E-state index in [1.807, 2.05) is 19.9 Å². The predicted octanol–water partition coefficient (Wildman–Crippen LogP) is 3.38. The number of carbonyl (C=O) groups is 2. The van der Waals surface area contributed by atoms with Gasteiger partial charge in [-0.1, -0.05) is 42.3 Å². The average molecular weight is 343 g/mol. The molecule has 0 aromatic heterocycles. The molecule has 0 heterocycles. The Bertz CT molecular complexity index is 505. The van der Waals surface area contributed by atoms with E-state index in [4.69, 9.17) is 5.11 Å². The first-order valence-corrected chi connectivity index (χ1v) is 7.21. The van der Waals surface area contributed by atoms with E-state index >= 15 is 0 Å². The molecule has 0 radical (unpaired) electrons. The number of halogens is 1. The largest absolute Gasteiger partial charge is 0.480 e. The number of amides is 2. The summed E-state index contributed by atoms with van der Waals surface area (Å²) >= 11 is 3.38. The topological polar surface area (TPSA) is 78.4 Å². The molecule has 0 fully saturated rings. The van der Waals surface area contributed by atoms with Crippen LogP contribution in [0.1, 0.15) is 25.8 Å². The lowest BCUT2D eigenvalue weighted by Gasteiger charge is -2.20. The van der Waals surface area contributed by atoms with Gasteiger partial charge in [-0.25, -0.2) is 9.59 Å². The van der Waals surface area contributed by atoms with Crippen molar-refractivity contribution in [2.24, 2.45) is 5.92 Å². The van der Waals surface area contributed by atoms with E-state index in [1.165, 1.54) is 0 Å². The number of carboxylic acid groups (broad SMARTS) is 1. The van der Waals surface area contributed by atoms with Crippen LogP contribution in [0.3, 0.4) is 0 Å². The molecule has 6 heteroatoms. The maximum absolute atomic E-state index is 11.8. The number of benzene rings is 1. The van der Waals surface area contributed by atoms with Gasteiger partial charge in [0, 0.05) is 10.2 Å². The van der Waals surface area contributed by atoms with Crippen LogP contribution in [0.5, 0.6) is 0 Å². The van der Waals surface area contributed by atoms with Crippen LogP contribution < -0.4 is 10.6 Å². The fourth-order valence-electron chi connectivity index (χ4n) is 1.66. The SMILES string of the molecule is CCC(C)[C@H](NC(=O)Nc1ccc(C)c(Br)c1)C(=O)O. The van der Waals surface area contributed by atoms with E-state index < -0.39 is 18.0 Å². The van der Waals surface area contributed by atoms with Crippen LogP contribution >= 0.6 is 15.9 Å². The van der Waals surface area contributed by atoms with Gasteiger partial charge in [0.1, 0.15) is 6.04 Å². The number of carboxylic acids is 1. The third kappa shape index (κ3) is 4.52. The number of aliphatic carboxylic acids is 1. The molecule has 0 aliphatic rings. The number of hydrogen-bond donors (Lipinski definition) is 3. The lowest BCUT2D eigenvalue weighted by Crippen LogP contribution is -2.46. The van der Waals surface area contributed by atoms with Gasteiger partial charge >= 0.3 is 12.0 Å². The number of nitrogens with one attached hydrogen (secondary N) is 2. The summed E-state index contributed by atoms with van der Waals surface area (Å²) in [6, 6.07) is 3.98. The fourth-order valence-corrected chi connectivity index (χ4v) is 2.04. The maximum atomic E-state index is 11.8. The minimum Gasteiger partial charge on any atom is -0.480 e. The maximum Gasteiger partial charge on any atom is 0.326 e. The van der Waals surface area contributed by atoms with E-state index in [2.05, 4.69) is 26.6 Å². The molecular formula is C14H19BrN2O3. The number of anilines is 1. The van der Waals surface area contributed by atoms with E-state index in [0.29, 0.717) is 12.1 Å². The van der Waals surface area contributed by atoms with Gasteiger partial charge in [-0.3, -0.25) is 0 Å². The highest BCUT2D eigenvalue weighted by atomic mass is 79.9. The summed E-state index contributed by atoms with van der Waals surface area (Å²) in [5.41, 5.74) is 1.66. The third-order valence-electron chi connectivity index (χ3n) is 3.20. The highest BCUT2D eigenvalue weighted by Crippen LogP contribution is 2.20. The number of hydrogen-bond acceptors (Lipinski definition) is 2. The van der Waals surface area contributed by atoms with E-state index in [1.54, 1.807) is 19.1 Å². The smallest absolute Gasteiger partial charge is 0.326 e. The summed E-state index contributed by atoms with van der Waals surface area (Å²) in [4.78, 5) is 23.0. The van der Waals surface area contributed by atoms with Crippen molar-refractivity contribution in [1.82, 2.24) is 5.32 Å². The van der Waals surface area contributed by atoms with Gasteiger partial charge in [0.15, 0.2) is 0 Å². The van der Waals surface area contributed by atoms with Crippen molar-refractivity contribution >= 4 is 33.6 Å². The van der Waals surface area contributed by atoms with Crippen LogP contribution in [-0.4, -0.2) is 23.1 Å². The summed E-state index contributed by atoms with van der Waals surface area (Å²) in [7, 11) is 0. The molecule has 20 heavy (non-hydrogen) atoms. The van der Waals surface area contributed by atoms with Crippen LogP contribution in [-0.2, 0) is 4.79 Å². The van der Waals surface area contributed by atoms with Gasteiger partial charge in [0.05, 0.1) is 0 Å². The lowest BCUT2D eigenvalue weighted by atomic mass is 9.99. The molecule has 3 N–H and O–H groups in total. The zero-order valence-corrected chi connectivity index (χ0v) is 13.3. The summed E-state index contributed by atoms with van der Waals surface area (Å²) < 4.78 is 0.881. The van der Waals surface area contributed by atoms with Gasteiger partial charge in [-0.2, -0.15) is 0 Å². The molecule has 0 saturated carbocycles. The summed E-state index contributed by atoms with van der Waals surface area (Å²) in [5.74, 6) is -1.16. The highest BCUT2D eigenvalue weighted by molar-refractivity contribution is 9.10. The first-order valence-electron chi connectivity index (χ1n) is 6.41. The van der Waals surface area contributed by atoms with Gasteiger partial charge in [0.25, 0.3) is 0 Å². The molecule has 0 saturated heterocycles. The number of rotatable bonds is 5. The molecule has 110 valence electrons. The van der Waals surface area contributed by atoms with Crippen molar-refractivity contribution in [2.75, 3.05) is 5.32 Å². The molecule has 0 bridgehead atoms. The van der Waals surface area contributed by atoms with Crippen molar-refractivity contribution < 1.29 is 14.7 Å². The molecule has 2 atom stereocenters. The molecule has 1 aromatic carbocycles. The lowest BCUT2D eigenvalue weighted by molar-refractivity contribution is -0.140. The Morgan fingerprint density at radius 2 is 2.05 bits per heavy atom. The van der Waals surface area contributed by atoms with Crippen molar-refractivity contribution in [3.05, 3.63) is 28.2 Å². The first-order chi connectivity index (χ1) is 9.35. The molecule has 1 rings (SSSR count). The van der Waals surface area contributed by atoms with E-state index in [9.17, 15) is 9.59 Å². The number of aryl methyl sites for hydroxylation is 1. The van der Waals surface area contributed by atoms with Crippen LogP contribution in [0.2, 0.25) is 0 Å². The average Bonchev–Trinajstić information content (AvgIpc) is 2.39. The molecule has 5 nitrogen and oxygen atoms in total. The van der Waals surface area contributed by atoms with Crippen LogP contribution in [0.15, 0.2) is 22.7 Å². The minimum absolute atomic E-state index is 0.136.